The number of halogens is 3. The van der Waals surface area contributed by atoms with Crippen LogP contribution in [-0.2, 0) is 17.4 Å². The third-order valence-corrected chi connectivity index (χ3v) is 6.16. The maximum absolute atomic E-state index is 13.3. The topological polar surface area (TPSA) is 82.5 Å². The van der Waals surface area contributed by atoms with Gasteiger partial charge in [-0.25, -0.2) is 4.98 Å². The van der Waals surface area contributed by atoms with Crippen molar-refractivity contribution in [3.05, 3.63) is 82.4 Å². The van der Waals surface area contributed by atoms with Crippen molar-refractivity contribution in [2.45, 2.75) is 19.0 Å². The molecule has 4 rings (SSSR count). The summed E-state index contributed by atoms with van der Waals surface area (Å²) < 4.78 is 39.9. The van der Waals surface area contributed by atoms with E-state index >= 15 is 0 Å². The van der Waals surface area contributed by atoms with Crippen LogP contribution in [0.4, 0.5) is 18.3 Å². The molecule has 176 valence electrons. The SMILES string of the molecule is O=C(Nc1nc(CC(=O)N2CC=C(c3ccccc3C(F)(F)F)CC2)cs1)c1cccc(O)c1. The average molecular weight is 488 g/mol. The Kier molecular flexibility index (Phi) is 6.69. The fourth-order valence-electron chi connectivity index (χ4n) is 3.68. The molecule has 0 unspecified atom stereocenters. The number of anilines is 1. The second-order valence-corrected chi connectivity index (χ2v) is 8.55. The first-order chi connectivity index (χ1) is 16.2. The number of nitrogens with one attached hydrogen (secondary N) is 1. The van der Waals surface area contributed by atoms with Gasteiger partial charge in [-0.15, -0.1) is 11.3 Å². The second-order valence-electron chi connectivity index (χ2n) is 7.69. The molecule has 2 N–H and O–H groups in total. The first-order valence-electron chi connectivity index (χ1n) is 10.4. The van der Waals surface area contributed by atoms with Crippen LogP contribution in [0.3, 0.4) is 0 Å². The van der Waals surface area contributed by atoms with E-state index in [1.165, 1.54) is 35.6 Å². The van der Waals surface area contributed by atoms with Crippen molar-refractivity contribution in [2.24, 2.45) is 0 Å². The number of hydrogen-bond donors (Lipinski definition) is 2. The van der Waals surface area contributed by atoms with Crippen LogP contribution >= 0.6 is 11.3 Å². The molecule has 1 aliphatic rings. The monoisotopic (exact) mass is 487 g/mol. The zero-order valence-corrected chi connectivity index (χ0v) is 18.6. The van der Waals surface area contributed by atoms with Gasteiger partial charge in [-0.05, 0) is 41.8 Å². The predicted octanol–water partition coefficient (Wildman–Crippen LogP) is 4.98. The minimum atomic E-state index is -4.44. The molecule has 0 bridgehead atoms. The van der Waals surface area contributed by atoms with E-state index in [2.05, 4.69) is 10.3 Å². The van der Waals surface area contributed by atoms with Crippen LogP contribution in [0, 0.1) is 0 Å². The molecule has 2 amide bonds. The number of aromatic nitrogens is 1. The number of phenolic OH excluding ortho intramolecular Hbond substituents is 1. The molecule has 2 heterocycles. The molecule has 0 aliphatic carbocycles. The van der Waals surface area contributed by atoms with Gasteiger partial charge in [0.1, 0.15) is 5.75 Å². The lowest BCUT2D eigenvalue weighted by Crippen LogP contribution is -2.36. The number of alkyl halides is 3. The number of aromatic hydroxyl groups is 1. The Hall–Kier alpha value is -3.66. The van der Waals surface area contributed by atoms with Crippen LogP contribution in [0.5, 0.6) is 5.75 Å². The van der Waals surface area contributed by atoms with E-state index in [-0.39, 0.29) is 35.7 Å². The molecule has 1 aliphatic heterocycles. The lowest BCUT2D eigenvalue weighted by Gasteiger charge is -2.27. The molecule has 0 radical (unpaired) electrons. The summed E-state index contributed by atoms with van der Waals surface area (Å²) in [5.74, 6) is -0.662. The van der Waals surface area contributed by atoms with Crippen LogP contribution in [0.15, 0.2) is 60.0 Å². The number of carbonyl (C=O) groups is 2. The zero-order chi connectivity index (χ0) is 24.3. The van der Waals surface area contributed by atoms with Crippen LogP contribution in [0.25, 0.3) is 5.57 Å². The highest BCUT2D eigenvalue weighted by Crippen LogP contribution is 2.36. The molecule has 0 saturated carbocycles. The van der Waals surface area contributed by atoms with Crippen LogP contribution in [0.2, 0.25) is 0 Å². The summed E-state index contributed by atoms with van der Waals surface area (Å²) in [4.78, 5) is 30.8. The highest BCUT2D eigenvalue weighted by molar-refractivity contribution is 7.14. The molecular weight excluding hydrogens is 467 g/mol. The van der Waals surface area contributed by atoms with Gasteiger partial charge in [-0.3, -0.25) is 14.9 Å². The van der Waals surface area contributed by atoms with Gasteiger partial charge in [0.25, 0.3) is 5.91 Å². The van der Waals surface area contributed by atoms with E-state index in [4.69, 9.17) is 0 Å². The van der Waals surface area contributed by atoms with Crippen LogP contribution < -0.4 is 5.32 Å². The summed E-state index contributed by atoms with van der Waals surface area (Å²) in [6, 6.07) is 11.3. The maximum atomic E-state index is 13.3. The van der Waals surface area contributed by atoms with Crippen molar-refractivity contribution in [1.82, 2.24) is 9.88 Å². The van der Waals surface area contributed by atoms with E-state index < -0.39 is 17.6 Å². The van der Waals surface area contributed by atoms with Gasteiger partial charge >= 0.3 is 6.18 Å². The summed E-state index contributed by atoms with van der Waals surface area (Å²) >= 11 is 1.17. The Morgan fingerprint density at radius 1 is 1.15 bits per heavy atom. The van der Waals surface area contributed by atoms with Crippen molar-refractivity contribution in [3.63, 3.8) is 0 Å². The van der Waals surface area contributed by atoms with Crippen molar-refractivity contribution in [3.8, 4) is 5.75 Å². The number of hydrogen-bond acceptors (Lipinski definition) is 5. The first kappa shape index (κ1) is 23.5. The molecule has 10 heteroatoms. The third kappa shape index (κ3) is 5.45. The maximum Gasteiger partial charge on any atom is 0.416 e. The summed E-state index contributed by atoms with van der Waals surface area (Å²) in [5.41, 5.74) is 0.800. The molecule has 1 aromatic heterocycles. The summed E-state index contributed by atoms with van der Waals surface area (Å²) in [7, 11) is 0. The van der Waals surface area contributed by atoms with E-state index in [0.717, 1.165) is 6.07 Å². The van der Waals surface area contributed by atoms with Gasteiger partial charge < -0.3 is 10.0 Å². The van der Waals surface area contributed by atoms with Gasteiger partial charge in [-0.2, -0.15) is 13.2 Å². The Morgan fingerprint density at radius 3 is 2.65 bits per heavy atom. The molecule has 3 aromatic rings. The number of carbonyl (C=O) groups excluding carboxylic acids is 2. The molecular formula is C24H20F3N3O3S. The number of amides is 2. The molecule has 6 nitrogen and oxygen atoms in total. The minimum Gasteiger partial charge on any atom is -0.508 e. The normalized spacial score (nSPS) is 14.0. The van der Waals surface area contributed by atoms with Crippen molar-refractivity contribution in [1.29, 1.82) is 0 Å². The number of nitrogens with zero attached hydrogens (tertiary/aromatic N) is 2. The first-order valence-corrected chi connectivity index (χ1v) is 11.3. The van der Waals surface area contributed by atoms with E-state index in [0.29, 0.717) is 29.4 Å². The number of phenols is 1. The van der Waals surface area contributed by atoms with Crippen molar-refractivity contribution < 1.29 is 27.9 Å². The van der Waals surface area contributed by atoms with Gasteiger partial charge in [0, 0.05) is 24.0 Å². The summed E-state index contributed by atoms with van der Waals surface area (Å²) in [5, 5.41) is 14.1. The second kappa shape index (κ2) is 9.68. The smallest absolute Gasteiger partial charge is 0.416 e. The zero-order valence-electron chi connectivity index (χ0n) is 17.8. The lowest BCUT2D eigenvalue weighted by molar-refractivity contribution is -0.138. The fourth-order valence-corrected chi connectivity index (χ4v) is 4.38. The summed E-state index contributed by atoms with van der Waals surface area (Å²) in [6.07, 6.45) is -2.45. The van der Waals surface area contributed by atoms with E-state index in [1.807, 2.05) is 0 Å². The highest BCUT2D eigenvalue weighted by Gasteiger charge is 2.34. The Bertz CT molecular complexity index is 1250. The highest BCUT2D eigenvalue weighted by atomic mass is 32.1. The standard InChI is InChI=1S/C24H20F3N3O3S/c25-24(26,27)20-7-2-1-6-19(20)15-8-10-30(11-9-15)21(32)13-17-14-34-23(28-17)29-22(33)16-4-3-5-18(31)12-16/h1-8,12,14,31H,9-11,13H2,(H,28,29,33). The molecule has 34 heavy (non-hydrogen) atoms. The van der Waals surface area contributed by atoms with Crippen LogP contribution in [0.1, 0.15) is 33.6 Å². The Labute approximate surface area is 197 Å². The van der Waals surface area contributed by atoms with Gasteiger partial charge in [-0.1, -0.05) is 30.3 Å². The Balaban J connectivity index is 1.37. The van der Waals surface area contributed by atoms with Gasteiger partial charge in [0.2, 0.25) is 5.91 Å². The molecule has 2 aromatic carbocycles. The quantitative estimate of drug-likeness (QED) is 0.532. The number of thiazole rings is 1. The molecule has 0 atom stereocenters. The number of rotatable bonds is 5. The average Bonchev–Trinajstić information content (AvgIpc) is 3.25. The van der Waals surface area contributed by atoms with E-state index in [1.54, 1.807) is 34.6 Å². The van der Waals surface area contributed by atoms with Gasteiger partial charge in [0.15, 0.2) is 5.13 Å². The van der Waals surface area contributed by atoms with Crippen molar-refractivity contribution in [2.75, 3.05) is 18.4 Å². The van der Waals surface area contributed by atoms with Gasteiger partial charge in [0.05, 0.1) is 17.7 Å². The Morgan fingerprint density at radius 2 is 1.94 bits per heavy atom. The lowest BCUT2D eigenvalue weighted by atomic mass is 9.94. The molecule has 0 saturated heterocycles. The van der Waals surface area contributed by atoms with Crippen molar-refractivity contribution >= 4 is 33.9 Å². The third-order valence-electron chi connectivity index (χ3n) is 5.35. The summed E-state index contributed by atoms with van der Waals surface area (Å²) in [6.45, 7) is 0.522. The van der Waals surface area contributed by atoms with E-state index in [9.17, 15) is 27.9 Å². The number of benzene rings is 2. The van der Waals surface area contributed by atoms with Crippen LogP contribution in [-0.4, -0.2) is 39.9 Å². The molecule has 0 spiro atoms. The fraction of sp³-hybridized carbons (Fsp3) is 0.208. The minimum absolute atomic E-state index is 0.0147. The largest absolute Gasteiger partial charge is 0.508 e. The molecule has 0 fully saturated rings. The predicted molar refractivity (Wildman–Crippen MR) is 122 cm³/mol.